The van der Waals surface area contributed by atoms with Crippen molar-refractivity contribution >= 4 is 67.8 Å². The summed E-state index contributed by atoms with van der Waals surface area (Å²) in [6.45, 7) is 11.0. The second-order valence-electron chi connectivity index (χ2n) is 13.9. The van der Waals surface area contributed by atoms with Crippen LogP contribution in [-0.4, -0.2) is 78.2 Å². The summed E-state index contributed by atoms with van der Waals surface area (Å²) in [6.07, 6.45) is 5.21. The van der Waals surface area contributed by atoms with Gasteiger partial charge in [0.1, 0.15) is 22.6 Å². The quantitative estimate of drug-likeness (QED) is 0.0948. The van der Waals surface area contributed by atoms with Crippen molar-refractivity contribution in [2.75, 3.05) is 23.7 Å². The summed E-state index contributed by atoms with van der Waals surface area (Å²) in [5, 5.41) is 11.3. The molecule has 268 valence electrons. The van der Waals surface area contributed by atoms with E-state index in [-0.39, 0.29) is 60.5 Å². The van der Waals surface area contributed by atoms with Crippen LogP contribution in [0.1, 0.15) is 85.7 Å². The standard InChI is InChI=1S/C32H40Br2N10O6/c1-31(2,3)49-29(47)43-27-39-13-21(41-27)23-17(11-37-25(45)19-7-15(33)9-35-19)18(12-38-26(46)20-8-16(34)10-36-20)24(23)22-14-40-28(42-22)44-30(48)50-32(4,5)6/h7-10,13-14,17-18,23-24,35-36H,11-12H2,1-6H3,(H,37,45)(H,38,46)(H2,39,41,43,47)(H2,40,42,44,48)/t17-,18-,23-,24-/m0/s1. The van der Waals surface area contributed by atoms with E-state index in [1.165, 1.54) is 0 Å². The van der Waals surface area contributed by atoms with E-state index in [1.54, 1.807) is 78.5 Å². The Labute approximate surface area is 304 Å². The number of aromatic amines is 4. The highest BCUT2D eigenvalue weighted by Crippen LogP contribution is 2.57. The normalized spacial score (nSPS) is 18.9. The summed E-state index contributed by atoms with van der Waals surface area (Å²) >= 11 is 6.72. The number of amides is 4. The zero-order valence-corrected chi connectivity index (χ0v) is 31.5. The highest BCUT2D eigenvalue weighted by Gasteiger charge is 2.53. The van der Waals surface area contributed by atoms with Gasteiger partial charge in [-0.15, -0.1) is 0 Å². The van der Waals surface area contributed by atoms with Gasteiger partial charge in [-0.1, -0.05) is 0 Å². The van der Waals surface area contributed by atoms with Crippen molar-refractivity contribution in [1.82, 2.24) is 40.5 Å². The topological polar surface area (TPSA) is 224 Å². The molecule has 0 aromatic carbocycles. The minimum Gasteiger partial charge on any atom is -0.444 e. The van der Waals surface area contributed by atoms with Crippen molar-refractivity contribution in [3.8, 4) is 0 Å². The van der Waals surface area contributed by atoms with Crippen LogP contribution in [0.4, 0.5) is 21.5 Å². The lowest BCUT2D eigenvalue weighted by molar-refractivity contribution is 0.0622. The van der Waals surface area contributed by atoms with E-state index in [1.807, 2.05) is 0 Å². The third-order valence-corrected chi connectivity index (χ3v) is 8.70. The second-order valence-corrected chi connectivity index (χ2v) is 15.7. The van der Waals surface area contributed by atoms with Crippen LogP contribution in [0.2, 0.25) is 0 Å². The Kier molecular flexibility index (Phi) is 10.8. The van der Waals surface area contributed by atoms with Crippen LogP contribution in [-0.2, 0) is 9.47 Å². The van der Waals surface area contributed by atoms with Gasteiger partial charge in [0.2, 0.25) is 11.9 Å². The third-order valence-electron chi connectivity index (χ3n) is 7.79. The molecule has 0 aliphatic heterocycles. The zero-order chi connectivity index (χ0) is 36.4. The van der Waals surface area contributed by atoms with E-state index in [9.17, 15) is 19.2 Å². The average molecular weight is 821 g/mol. The fraction of sp³-hybridized carbons (Fsp3) is 0.438. The van der Waals surface area contributed by atoms with E-state index in [0.29, 0.717) is 22.8 Å². The maximum absolute atomic E-state index is 13.1. The first-order valence-electron chi connectivity index (χ1n) is 15.8. The fourth-order valence-electron chi connectivity index (χ4n) is 5.87. The first kappa shape index (κ1) is 36.7. The summed E-state index contributed by atoms with van der Waals surface area (Å²) < 4.78 is 12.2. The van der Waals surface area contributed by atoms with Gasteiger partial charge in [0, 0.05) is 57.7 Å². The number of aromatic nitrogens is 6. The number of imidazole rings is 2. The first-order chi connectivity index (χ1) is 23.5. The van der Waals surface area contributed by atoms with Crippen molar-refractivity contribution in [3.63, 3.8) is 0 Å². The molecular weight excluding hydrogens is 780 g/mol. The lowest BCUT2D eigenvalue weighted by Gasteiger charge is -2.51. The molecule has 0 bridgehead atoms. The molecule has 16 nitrogen and oxygen atoms in total. The monoisotopic (exact) mass is 818 g/mol. The van der Waals surface area contributed by atoms with Crippen molar-refractivity contribution in [2.45, 2.75) is 64.6 Å². The lowest BCUT2D eigenvalue weighted by atomic mass is 9.54. The van der Waals surface area contributed by atoms with Crippen molar-refractivity contribution in [3.05, 3.63) is 68.6 Å². The molecule has 18 heteroatoms. The Bertz CT molecular complexity index is 1720. The number of H-pyrrole nitrogens is 4. The highest BCUT2D eigenvalue weighted by atomic mass is 79.9. The van der Waals surface area contributed by atoms with Gasteiger partial charge in [-0.25, -0.2) is 19.6 Å². The minimum absolute atomic E-state index is 0.179. The number of carbonyl (C=O) groups excluding carboxylic acids is 4. The summed E-state index contributed by atoms with van der Waals surface area (Å²) in [7, 11) is 0. The van der Waals surface area contributed by atoms with Crippen LogP contribution in [0.25, 0.3) is 0 Å². The number of ether oxygens (including phenoxy) is 2. The van der Waals surface area contributed by atoms with Gasteiger partial charge < -0.3 is 40.0 Å². The zero-order valence-electron chi connectivity index (χ0n) is 28.3. The van der Waals surface area contributed by atoms with Gasteiger partial charge in [-0.2, -0.15) is 0 Å². The van der Waals surface area contributed by atoms with Gasteiger partial charge in [-0.3, -0.25) is 20.2 Å². The van der Waals surface area contributed by atoms with Gasteiger partial charge in [0.15, 0.2) is 0 Å². The fourth-order valence-corrected chi connectivity index (χ4v) is 6.56. The minimum atomic E-state index is -0.712. The first-order valence-corrected chi connectivity index (χ1v) is 17.4. The number of hydrogen-bond donors (Lipinski definition) is 8. The van der Waals surface area contributed by atoms with Gasteiger partial charge in [0.05, 0.1) is 12.4 Å². The molecular formula is C32H40Br2N10O6. The van der Waals surface area contributed by atoms with Crippen LogP contribution < -0.4 is 21.3 Å². The molecule has 1 aliphatic carbocycles. The molecule has 50 heavy (non-hydrogen) atoms. The van der Waals surface area contributed by atoms with E-state index in [4.69, 9.17) is 9.47 Å². The highest BCUT2D eigenvalue weighted by molar-refractivity contribution is 9.10. The Hall–Kier alpha value is -4.58. The molecule has 1 saturated carbocycles. The molecule has 4 aromatic heterocycles. The largest absolute Gasteiger partial charge is 0.444 e. The maximum Gasteiger partial charge on any atom is 0.414 e. The second kappa shape index (κ2) is 14.7. The molecule has 1 aliphatic rings. The molecule has 4 atom stereocenters. The number of anilines is 2. The molecule has 4 aromatic rings. The number of nitrogens with zero attached hydrogens (tertiary/aromatic N) is 2. The number of rotatable bonds is 10. The molecule has 1 fully saturated rings. The number of nitrogens with one attached hydrogen (secondary N) is 8. The van der Waals surface area contributed by atoms with Crippen LogP contribution in [0.15, 0.2) is 45.9 Å². The van der Waals surface area contributed by atoms with E-state index in [2.05, 4.69) is 83.0 Å². The molecule has 0 spiro atoms. The van der Waals surface area contributed by atoms with Crippen molar-refractivity contribution in [2.24, 2.45) is 11.8 Å². The van der Waals surface area contributed by atoms with Crippen LogP contribution in [0.5, 0.6) is 0 Å². The van der Waals surface area contributed by atoms with Crippen molar-refractivity contribution in [1.29, 1.82) is 0 Å². The Morgan fingerprint density at radius 1 is 0.700 bits per heavy atom. The number of carbonyl (C=O) groups is 4. The Balaban J connectivity index is 1.44. The van der Waals surface area contributed by atoms with Crippen LogP contribution >= 0.6 is 31.9 Å². The SMILES string of the molecule is CC(C)(C)OC(=O)Nc1ncc([C@@H]2[C@@H](CNC(=O)c3cc(Br)c[nH]3)[C@H](CNC(=O)c3cc(Br)c[nH]3)[C@H]2c2cnc(NC(=O)OC(C)(C)C)[nH]2)[nH]1. The van der Waals surface area contributed by atoms with Gasteiger partial charge in [0.25, 0.3) is 11.8 Å². The average Bonchev–Trinajstić information content (AvgIpc) is 3.80. The number of halogens is 2. The van der Waals surface area contributed by atoms with E-state index < -0.39 is 23.4 Å². The van der Waals surface area contributed by atoms with Crippen molar-refractivity contribution < 1.29 is 28.7 Å². The molecule has 4 amide bonds. The molecule has 8 N–H and O–H groups in total. The lowest BCUT2D eigenvalue weighted by Crippen LogP contribution is -2.53. The van der Waals surface area contributed by atoms with Gasteiger partial charge >= 0.3 is 12.2 Å². The van der Waals surface area contributed by atoms with Crippen LogP contribution in [0, 0.1) is 11.8 Å². The molecule has 0 radical (unpaired) electrons. The molecule has 4 heterocycles. The third kappa shape index (κ3) is 9.35. The molecule has 0 unspecified atom stereocenters. The summed E-state index contributed by atoms with van der Waals surface area (Å²) in [4.78, 5) is 72.2. The van der Waals surface area contributed by atoms with E-state index >= 15 is 0 Å². The van der Waals surface area contributed by atoms with Gasteiger partial charge in [-0.05, 0) is 97.4 Å². The maximum atomic E-state index is 13.1. The summed E-state index contributed by atoms with van der Waals surface area (Å²) in [5.74, 6) is -1.36. The summed E-state index contributed by atoms with van der Waals surface area (Å²) in [6, 6.07) is 3.35. The van der Waals surface area contributed by atoms with Crippen LogP contribution in [0.3, 0.4) is 0 Å². The smallest absolute Gasteiger partial charge is 0.414 e. The predicted octanol–water partition coefficient (Wildman–Crippen LogP) is 5.98. The number of hydrogen-bond acceptors (Lipinski definition) is 8. The Morgan fingerprint density at radius 2 is 1.08 bits per heavy atom. The summed E-state index contributed by atoms with van der Waals surface area (Å²) in [5.41, 5.74) is 0.656. The molecule has 5 rings (SSSR count). The Morgan fingerprint density at radius 3 is 1.40 bits per heavy atom. The predicted molar refractivity (Wildman–Crippen MR) is 191 cm³/mol. The van der Waals surface area contributed by atoms with E-state index in [0.717, 1.165) is 8.95 Å². The molecule has 0 saturated heterocycles.